The molecule has 3 heteroatoms. The third kappa shape index (κ3) is 2.81. The first-order valence-corrected chi connectivity index (χ1v) is 6.67. The molecule has 0 amide bonds. The molecule has 1 aromatic rings. The van der Waals surface area contributed by atoms with Crippen LogP contribution in [0.2, 0.25) is 0 Å². The molecule has 0 N–H and O–H groups in total. The Morgan fingerprint density at radius 1 is 1.18 bits per heavy atom. The summed E-state index contributed by atoms with van der Waals surface area (Å²) in [5.41, 5.74) is 4.54. The summed E-state index contributed by atoms with van der Waals surface area (Å²) in [5, 5.41) is 8.71. The second-order valence-electron chi connectivity index (χ2n) is 4.29. The van der Waals surface area contributed by atoms with Crippen LogP contribution in [-0.4, -0.2) is 0 Å². The number of nitrogens with zero attached hydrogens (tertiary/aromatic N) is 1. The largest absolute Gasteiger partial charge is 0.387 e. The van der Waals surface area contributed by atoms with Gasteiger partial charge in [0.2, 0.25) is 0 Å². The fraction of sp³-hybridized carbons (Fsp3) is 0.500. The number of hydrogen-bond acceptors (Lipinski definition) is 2. The fourth-order valence-corrected chi connectivity index (χ4v) is 2.79. The van der Waals surface area contributed by atoms with Crippen molar-refractivity contribution in [2.24, 2.45) is 0 Å². The van der Waals surface area contributed by atoms with E-state index in [0.29, 0.717) is 0 Å². The van der Waals surface area contributed by atoms with Crippen LogP contribution in [0.4, 0.5) is 0 Å². The van der Waals surface area contributed by atoms with Crippen LogP contribution in [0.3, 0.4) is 0 Å². The lowest BCUT2D eigenvalue weighted by atomic mass is 9.96. The standard InChI is InChI=1S/C14H18BrNO/c1-5-6-7-12-11(4)14(17-8-16)10(3)9(2)13(12)15/h5-7H2,1-4H3. The maximum atomic E-state index is 8.71. The average Bonchev–Trinajstić information content (AvgIpc) is 2.32. The Morgan fingerprint density at radius 3 is 2.35 bits per heavy atom. The normalized spacial score (nSPS) is 10.1. The molecule has 0 saturated carbocycles. The molecule has 0 aromatic heterocycles. The van der Waals surface area contributed by atoms with E-state index in [0.717, 1.165) is 46.2 Å². The van der Waals surface area contributed by atoms with E-state index >= 15 is 0 Å². The molecular formula is C14H18BrNO. The molecular weight excluding hydrogens is 278 g/mol. The highest BCUT2D eigenvalue weighted by molar-refractivity contribution is 9.10. The van der Waals surface area contributed by atoms with Gasteiger partial charge in [0.25, 0.3) is 6.26 Å². The Bertz CT molecular complexity index is 461. The Morgan fingerprint density at radius 2 is 1.82 bits per heavy atom. The van der Waals surface area contributed by atoms with Gasteiger partial charge in [0, 0.05) is 4.47 Å². The lowest BCUT2D eigenvalue weighted by Crippen LogP contribution is -2.01. The summed E-state index contributed by atoms with van der Waals surface area (Å²) in [4.78, 5) is 0. The third-order valence-corrected chi connectivity index (χ3v) is 4.29. The highest BCUT2D eigenvalue weighted by Gasteiger charge is 2.16. The zero-order chi connectivity index (χ0) is 13.0. The summed E-state index contributed by atoms with van der Waals surface area (Å²) >= 11 is 3.66. The van der Waals surface area contributed by atoms with E-state index in [1.54, 1.807) is 6.26 Å². The van der Waals surface area contributed by atoms with Gasteiger partial charge in [0.05, 0.1) is 0 Å². The van der Waals surface area contributed by atoms with E-state index in [1.807, 2.05) is 13.8 Å². The van der Waals surface area contributed by atoms with Crippen LogP contribution in [0.25, 0.3) is 0 Å². The van der Waals surface area contributed by atoms with Crippen molar-refractivity contribution in [2.45, 2.75) is 47.0 Å². The summed E-state index contributed by atoms with van der Waals surface area (Å²) in [6, 6.07) is 0. The molecule has 17 heavy (non-hydrogen) atoms. The lowest BCUT2D eigenvalue weighted by molar-refractivity contribution is 0.496. The molecule has 0 bridgehead atoms. The minimum Gasteiger partial charge on any atom is -0.387 e. The van der Waals surface area contributed by atoms with Gasteiger partial charge in [-0.1, -0.05) is 29.3 Å². The smallest absolute Gasteiger partial charge is 0.292 e. The van der Waals surface area contributed by atoms with Crippen LogP contribution in [0, 0.1) is 32.3 Å². The number of benzene rings is 1. The molecule has 0 radical (unpaired) electrons. The van der Waals surface area contributed by atoms with E-state index in [2.05, 4.69) is 29.8 Å². The molecule has 1 aromatic carbocycles. The monoisotopic (exact) mass is 295 g/mol. The van der Waals surface area contributed by atoms with Crippen molar-refractivity contribution in [3.8, 4) is 12.0 Å². The summed E-state index contributed by atoms with van der Waals surface area (Å²) in [6.45, 7) is 8.24. The van der Waals surface area contributed by atoms with Crippen LogP contribution in [0.15, 0.2) is 4.47 Å². The molecule has 2 nitrogen and oxygen atoms in total. The molecule has 0 aliphatic carbocycles. The average molecular weight is 296 g/mol. The first kappa shape index (κ1) is 14.1. The summed E-state index contributed by atoms with van der Waals surface area (Å²) in [5.74, 6) is 0.722. The van der Waals surface area contributed by atoms with Gasteiger partial charge in [-0.05, 0) is 55.9 Å². The maximum Gasteiger partial charge on any atom is 0.292 e. The maximum absolute atomic E-state index is 8.71. The molecule has 0 saturated heterocycles. The number of hydrogen-bond donors (Lipinski definition) is 0. The SMILES string of the molecule is CCCCc1c(C)c(OC#N)c(C)c(C)c1Br. The van der Waals surface area contributed by atoms with E-state index in [4.69, 9.17) is 10.00 Å². The first-order valence-electron chi connectivity index (χ1n) is 5.88. The van der Waals surface area contributed by atoms with Crippen molar-refractivity contribution in [2.75, 3.05) is 0 Å². The molecule has 0 fully saturated rings. The van der Waals surface area contributed by atoms with Crippen molar-refractivity contribution in [3.05, 3.63) is 26.7 Å². The minimum atomic E-state index is 0.722. The van der Waals surface area contributed by atoms with Gasteiger partial charge < -0.3 is 4.74 Å². The van der Waals surface area contributed by atoms with Crippen LogP contribution >= 0.6 is 15.9 Å². The quantitative estimate of drug-likeness (QED) is 0.762. The summed E-state index contributed by atoms with van der Waals surface area (Å²) < 4.78 is 6.27. The Hall–Kier alpha value is -1.01. The lowest BCUT2D eigenvalue weighted by Gasteiger charge is -2.17. The van der Waals surface area contributed by atoms with Crippen LogP contribution in [0.5, 0.6) is 5.75 Å². The number of rotatable bonds is 4. The predicted octanol–water partition coefficient (Wildman–Crippen LogP) is 4.58. The molecule has 0 unspecified atom stereocenters. The van der Waals surface area contributed by atoms with Gasteiger partial charge in [0.1, 0.15) is 5.75 Å². The molecule has 0 heterocycles. The number of nitriles is 1. The first-order chi connectivity index (χ1) is 8.04. The third-order valence-electron chi connectivity index (χ3n) is 3.22. The fourth-order valence-electron chi connectivity index (χ4n) is 1.99. The molecule has 0 atom stereocenters. The molecule has 92 valence electrons. The topological polar surface area (TPSA) is 33.0 Å². The highest BCUT2D eigenvalue weighted by Crippen LogP contribution is 2.36. The van der Waals surface area contributed by atoms with Crippen LogP contribution in [-0.2, 0) is 6.42 Å². The van der Waals surface area contributed by atoms with E-state index in [9.17, 15) is 0 Å². The molecule has 0 spiro atoms. The minimum absolute atomic E-state index is 0.722. The van der Waals surface area contributed by atoms with Crippen LogP contribution in [0.1, 0.15) is 42.0 Å². The Labute approximate surface area is 112 Å². The van der Waals surface area contributed by atoms with Gasteiger partial charge >= 0.3 is 0 Å². The van der Waals surface area contributed by atoms with Gasteiger partial charge in [0.15, 0.2) is 0 Å². The van der Waals surface area contributed by atoms with E-state index in [-0.39, 0.29) is 0 Å². The second-order valence-corrected chi connectivity index (χ2v) is 5.09. The van der Waals surface area contributed by atoms with Gasteiger partial charge in [-0.25, -0.2) is 0 Å². The molecule has 0 aliphatic heterocycles. The van der Waals surface area contributed by atoms with Crippen LogP contribution < -0.4 is 4.74 Å². The van der Waals surface area contributed by atoms with Gasteiger partial charge in [-0.2, -0.15) is 0 Å². The summed E-state index contributed by atoms with van der Waals surface area (Å²) in [6.07, 6.45) is 5.11. The van der Waals surface area contributed by atoms with Gasteiger partial charge in [-0.15, -0.1) is 5.26 Å². The predicted molar refractivity (Wildman–Crippen MR) is 73.2 cm³/mol. The number of unbranched alkanes of at least 4 members (excludes halogenated alkanes) is 1. The number of halogens is 1. The zero-order valence-corrected chi connectivity index (χ0v) is 12.4. The van der Waals surface area contributed by atoms with E-state index in [1.165, 1.54) is 5.56 Å². The second kappa shape index (κ2) is 6.07. The van der Waals surface area contributed by atoms with Crippen molar-refractivity contribution in [1.82, 2.24) is 0 Å². The molecule has 1 rings (SSSR count). The van der Waals surface area contributed by atoms with Gasteiger partial charge in [-0.3, -0.25) is 0 Å². The zero-order valence-electron chi connectivity index (χ0n) is 10.9. The highest BCUT2D eigenvalue weighted by atomic mass is 79.9. The Balaban J connectivity index is 3.34. The number of ether oxygens (including phenoxy) is 1. The van der Waals surface area contributed by atoms with Crippen molar-refractivity contribution >= 4 is 15.9 Å². The van der Waals surface area contributed by atoms with E-state index < -0.39 is 0 Å². The molecule has 0 aliphatic rings. The van der Waals surface area contributed by atoms with Crippen molar-refractivity contribution in [1.29, 1.82) is 5.26 Å². The Kier molecular flexibility index (Phi) is 5.02. The summed E-state index contributed by atoms with van der Waals surface area (Å²) in [7, 11) is 0. The van der Waals surface area contributed by atoms with Crippen molar-refractivity contribution in [3.63, 3.8) is 0 Å². The van der Waals surface area contributed by atoms with Crippen molar-refractivity contribution < 1.29 is 4.74 Å².